The lowest BCUT2D eigenvalue weighted by Gasteiger charge is -2.42. The second-order valence-electron chi connectivity index (χ2n) is 8.91. The molecule has 8 nitrogen and oxygen atoms in total. The van der Waals surface area contributed by atoms with E-state index in [0.29, 0.717) is 26.1 Å². The van der Waals surface area contributed by atoms with Gasteiger partial charge < -0.3 is 9.84 Å². The van der Waals surface area contributed by atoms with Crippen LogP contribution in [0.1, 0.15) is 31.2 Å². The average molecular weight is 526 g/mol. The van der Waals surface area contributed by atoms with Crippen LogP contribution in [0.2, 0.25) is 0 Å². The molecule has 3 aliphatic carbocycles. The normalized spacial score (nSPS) is 28.3. The van der Waals surface area contributed by atoms with Gasteiger partial charge in [-0.05, 0) is 50.0 Å². The van der Waals surface area contributed by atoms with Crippen molar-refractivity contribution in [3.8, 4) is 5.75 Å². The fourth-order valence-corrected chi connectivity index (χ4v) is 6.14. The Hall–Kier alpha value is -3.33. The molecule has 4 atom stereocenters. The van der Waals surface area contributed by atoms with Gasteiger partial charge in [0.1, 0.15) is 5.75 Å². The van der Waals surface area contributed by atoms with Gasteiger partial charge in [0.15, 0.2) is 11.6 Å². The van der Waals surface area contributed by atoms with Crippen LogP contribution in [-0.4, -0.2) is 46.6 Å². The number of allylic oxidation sites excluding steroid dienone is 6. The van der Waals surface area contributed by atoms with E-state index in [4.69, 9.17) is 0 Å². The topological polar surface area (TPSA) is 118 Å². The summed E-state index contributed by atoms with van der Waals surface area (Å²) in [5.74, 6) is -4.93. The number of benzene rings is 1. The summed E-state index contributed by atoms with van der Waals surface area (Å²) in [6.45, 7) is 1.56. The Morgan fingerprint density at radius 1 is 1.15 bits per heavy atom. The number of Topliss-reactive ketones (excluding diaryl/α,β-unsaturated/α-hetero) is 1. The molecule has 34 heavy (non-hydrogen) atoms. The van der Waals surface area contributed by atoms with Crippen LogP contribution in [0.4, 0.5) is 4.79 Å². The van der Waals surface area contributed by atoms with Crippen LogP contribution < -0.4 is 0 Å². The maximum Gasteiger partial charge on any atom is 0.423 e. The zero-order valence-corrected chi connectivity index (χ0v) is 19.9. The first kappa shape index (κ1) is 22.5. The summed E-state index contributed by atoms with van der Waals surface area (Å²) >= 11 is 3.40. The minimum Gasteiger partial charge on any atom is -0.508 e. The fourth-order valence-electron chi connectivity index (χ4n) is 5.77. The summed E-state index contributed by atoms with van der Waals surface area (Å²) in [7, 11) is 1.10. The molecule has 1 saturated heterocycles. The van der Waals surface area contributed by atoms with E-state index in [0.717, 1.165) is 7.11 Å². The third-order valence-electron chi connectivity index (χ3n) is 7.22. The Bertz CT molecular complexity index is 1300. The van der Waals surface area contributed by atoms with Crippen LogP contribution >= 0.6 is 15.9 Å². The van der Waals surface area contributed by atoms with Crippen molar-refractivity contribution in [2.24, 2.45) is 17.8 Å². The van der Waals surface area contributed by atoms with Crippen molar-refractivity contribution in [2.45, 2.75) is 25.7 Å². The van der Waals surface area contributed by atoms with E-state index in [2.05, 4.69) is 20.7 Å². The Morgan fingerprint density at radius 3 is 2.59 bits per heavy atom. The number of methoxy groups -OCH3 is 1. The Balaban J connectivity index is 1.70. The Labute approximate surface area is 203 Å². The smallest absolute Gasteiger partial charge is 0.423 e. The number of carbonyl (C=O) groups excluding carboxylic acids is 5. The van der Waals surface area contributed by atoms with Crippen molar-refractivity contribution in [1.29, 1.82) is 0 Å². The molecule has 0 spiro atoms. The van der Waals surface area contributed by atoms with Crippen molar-refractivity contribution >= 4 is 45.4 Å². The highest BCUT2D eigenvalue weighted by atomic mass is 79.9. The molecule has 0 bridgehead atoms. The third kappa shape index (κ3) is 3.06. The van der Waals surface area contributed by atoms with E-state index in [1.54, 1.807) is 19.1 Å². The SMILES string of the molecule is COC(=O)N1C(=O)C2CC=C3C(c4cc(Br)ccc4O)C4=C(CC3C2C1=O)C(=O)C(C)=CC4=O. The average Bonchev–Trinajstić information content (AvgIpc) is 3.07. The maximum absolute atomic E-state index is 13.3. The number of likely N-dealkylation sites (tertiary alicyclic amines) is 1. The molecule has 4 unspecified atom stereocenters. The summed E-state index contributed by atoms with van der Waals surface area (Å²) in [5, 5.41) is 10.7. The van der Waals surface area contributed by atoms with Gasteiger partial charge in [-0.3, -0.25) is 19.2 Å². The largest absolute Gasteiger partial charge is 0.508 e. The predicted molar refractivity (Wildman–Crippen MR) is 121 cm³/mol. The standard InChI is InChI=1S/C25H20BrNO7/c1-10-7-18(29)21-16(22(10)30)9-14-12(19(21)15-8-11(26)3-6-17(15)28)4-5-13-20(14)24(32)27(23(13)31)25(33)34-2/h3-4,6-8,13-14,19-20,28H,5,9H2,1-2H3. The van der Waals surface area contributed by atoms with E-state index in [1.807, 2.05) is 6.08 Å². The van der Waals surface area contributed by atoms with Crippen LogP contribution in [0.3, 0.4) is 0 Å². The number of halogens is 1. The number of phenolic OH excluding ortho intramolecular Hbond substituents is 1. The molecule has 1 aliphatic heterocycles. The zero-order chi connectivity index (χ0) is 24.5. The number of hydrogen-bond acceptors (Lipinski definition) is 7. The molecule has 1 aromatic rings. The van der Waals surface area contributed by atoms with E-state index in [9.17, 15) is 29.1 Å². The first-order chi connectivity index (χ1) is 16.1. The second-order valence-corrected chi connectivity index (χ2v) is 9.83. The first-order valence-corrected chi connectivity index (χ1v) is 11.6. The number of amides is 3. The highest BCUT2D eigenvalue weighted by Gasteiger charge is 2.58. The lowest BCUT2D eigenvalue weighted by molar-refractivity contribution is -0.137. The van der Waals surface area contributed by atoms with Crippen LogP contribution in [0, 0.1) is 17.8 Å². The van der Waals surface area contributed by atoms with Gasteiger partial charge in [-0.25, -0.2) is 4.79 Å². The van der Waals surface area contributed by atoms with Crippen molar-refractivity contribution < 1.29 is 33.8 Å². The molecular formula is C25H20BrNO7. The molecule has 0 radical (unpaired) electrons. The maximum atomic E-state index is 13.3. The zero-order valence-electron chi connectivity index (χ0n) is 18.3. The monoisotopic (exact) mass is 525 g/mol. The highest BCUT2D eigenvalue weighted by Crippen LogP contribution is 2.56. The molecule has 1 aromatic carbocycles. The van der Waals surface area contributed by atoms with Gasteiger partial charge in [0, 0.05) is 32.7 Å². The quantitative estimate of drug-likeness (QED) is 0.339. The van der Waals surface area contributed by atoms with Crippen LogP contribution in [0.15, 0.2) is 57.1 Å². The van der Waals surface area contributed by atoms with Gasteiger partial charge in [-0.15, -0.1) is 0 Å². The van der Waals surface area contributed by atoms with Gasteiger partial charge in [-0.1, -0.05) is 27.6 Å². The number of ketones is 2. The number of nitrogens with zero attached hydrogens (tertiary/aromatic N) is 1. The summed E-state index contributed by atoms with van der Waals surface area (Å²) in [6, 6.07) is 4.84. The van der Waals surface area contributed by atoms with Gasteiger partial charge in [-0.2, -0.15) is 4.90 Å². The number of fused-ring (bicyclic) bond motifs is 3. The summed E-state index contributed by atoms with van der Waals surface area (Å²) < 4.78 is 5.31. The summed E-state index contributed by atoms with van der Waals surface area (Å²) in [5.41, 5.74) is 1.98. The predicted octanol–water partition coefficient (Wildman–Crippen LogP) is 3.35. The van der Waals surface area contributed by atoms with Crippen LogP contribution in [0.25, 0.3) is 0 Å². The van der Waals surface area contributed by atoms with E-state index in [1.165, 1.54) is 12.1 Å². The number of rotatable bonds is 1. The fraction of sp³-hybridized carbons (Fsp3) is 0.320. The van der Waals surface area contributed by atoms with Crippen LogP contribution in [0.5, 0.6) is 5.75 Å². The molecule has 5 rings (SSSR count). The van der Waals surface area contributed by atoms with Gasteiger partial charge in [0.2, 0.25) is 11.8 Å². The van der Waals surface area contributed by atoms with Crippen molar-refractivity contribution in [3.05, 3.63) is 62.7 Å². The van der Waals surface area contributed by atoms with Crippen molar-refractivity contribution in [2.75, 3.05) is 7.11 Å². The molecular weight excluding hydrogens is 506 g/mol. The molecule has 1 N–H and O–H groups in total. The molecule has 9 heteroatoms. The summed E-state index contributed by atoms with van der Waals surface area (Å²) in [6.07, 6.45) is 2.37. The Morgan fingerprint density at radius 2 is 1.88 bits per heavy atom. The number of hydrogen-bond donors (Lipinski definition) is 1. The Kier molecular flexibility index (Phi) is 5.20. The number of aromatic hydroxyl groups is 1. The van der Waals surface area contributed by atoms with Gasteiger partial charge in [0.05, 0.1) is 18.9 Å². The molecule has 0 saturated carbocycles. The van der Waals surface area contributed by atoms with Gasteiger partial charge >= 0.3 is 6.09 Å². The molecule has 1 heterocycles. The van der Waals surface area contributed by atoms with Crippen molar-refractivity contribution in [3.63, 3.8) is 0 Å². The van der Waals surface area contributed by atoms with E-state index < -0.39 is 41.6 Å². The molecule has 0 aromatic heterocycles. The minimum atomic E-state index is -1.04. The van der Waals surface area contributed by atoms with E-state index >= 15 is 0 Å². The number of phenols is 1. The molecule has 3 amide bonds. The number of carbonyl (C=O) groups is 5. The third-order valence-corrected chi connectivity index (χ3v) is 7.71. The lowest BCUT2D eigenvalue weighted by atomic mass is 9.59. The minimum absolute atomic E-state index is 0.0553. The van der Waals surface area contributed by atoms with Gasteiger partial charge in [0.25, 0.3) is 0 Å². The van der Waals surface area contributed by atoms with Crippen molar-refractivity contribution in [1.82, 2.24) is 4.90 Å². The number of imide groups is 3. The van der Waals surface area contributed by atoms with Crippen LogP contribution in [-0.2, 0) is 23.9 Å². The summed E-state index contributed by atoms with van der Waals surface area (Å²) in [4.78, 5) is 65.2. The second kappa shape index (κ2) is 7.87. The lowest BCUT2D eigenvalue weighted by Crippen LogP contribution is -2.40. The molecule has 174 valence electrons. The highest BCUT2D eigenvalue weighted by molar-refractivity contribution is 9.10. The first-order valence-electron chi connectivity index (χ1n) is 10.8. The van der Waals surface area contributed by atoms with E-state index in [-0.39, 0.29) is 41.3 Å². The molecule has 4 aliphatic rings. The number of ether oxygens (including phenoxy) is 1. The molecule has 1 fully saturated rings.